The van der Waals surface area contributed by atoms with Gasteiger partial charge in [-0.15, -0.1) is 0 Å². The smallest absolute Gasteiger partial charge is 0.339 e. The van der Waals surface area contributed by atoms with Gasteiger partial charge in [-0.2, -0.15) is 0 Å². The molecule has 2 aliphatic carbocycles. The topological polar surface area (TPSA) is 65.5 Å². The molecular weight excluding hydrogens is 254 g/mol. The van der Waals surface area contributed by atoms with Crippen molar-refractivity contribution in [2.45, 2.75) is 38.6 Å². The third-order valence-corrected chi connectivity index (χ3v) is 4.07. The zero-order valence-electron chi connectivity index (χ0n) is 12.0. The average molecular weight is 275 g/mol. The summed E-state index contributed by atoms with van der Waals surface area (Å²) in [5.41, 5.74) is 1.20. The lowest BCUT2D eigenvalue weighted by Gasteiger charge is -2.26. The summed E-state index contributed by atoms with van der Waals surface area (Å²) in [7, 11) is 1.82. The van der Waals surface area contributed by atoms with Gasteiger partial charge in [0.1, 0.15) is 17.2 Å². The largest absolute Gasteiger partial charge is 0.478 e. The fourth-order valence-electron chi connectivity index (χ4n) is 2.61. The number of hydrogen-bond acceptors (Lipinski definition) is 4. The van der Waals surface area contributed by atoms with Crippen LogP contribution in [0.5, 0.6) is 0 Å². The SMILES string of the molecule is CNc1nc(N(CC2CC2)C2CC2)c(C(=O)O)cc1C. The number of carboxylic acid groups (broad SMARTS) is 1. The molecule has 5 heteroatoms. The van der Waals surface area contributed by atoms with Crippen LogP contribution in [-0.4, -0.2) is 35.7 Å². The molecular formula is C15H21N3O2. The number of hydrogen-bond donors (Lipinski definition) is 2. The van der Waals surface area contributed by atoms with E-state index in [9.17, 15) is 9.90 Å². The number of rotatable bonds is 6. The first-order valence-corrected chi connectivity index (χ1v) is 7.29. The second kappa shape index (κ2) is 4.96. The normalized spacial score (nSPS) is 17.9. The molecule has 2 N–H and O–H groups in total. The number of pyridine rings is 1. The van der Waals surface area contributed by atoms with Gasteiger partial charge in [0, 0.05) is 19.6 Å². The van der Waals surface area contributed by atoms with Crippen LogP contribution in [-0.2, 0) is 0 Å². The Labute approximate surface area is 119 Å². The number of aromatic carboxylic acids is 1. The average Bonchev–Trinajstić information content (AvgIpc) is 3.27. The highest BCUT2D eigenvalue weighted by molar-refractivity contribution is 5.94. The van der Waals surface area contributed by atoms with Crippen LogP contribution in [0.15, 0.2) is 6.07 Å². The van der Waals surface area contributed by atoms with E-state index < -0.39 is 5.97 Å². The Morgan fingerprint density at radius 1 is 1.45 bits per heavy atom. The van der Waals surface area contributed by atoms with Crippen molar-refractivity contribution in [1.29, 1.82) is 0 Å². The van der Waals surface area contributed by atoms with Crippen molar-refractivity contribution in [2.24, 2.45) is 5.92 Å². The lowest BCUT2D eigenvalue weighted by atomic mass is 10.1. The van der Waals surface area contributed by atoms with E-state index in [4.69, 9.17) is 0 Å². The highest BCUT2D eigenvalue weighted by Gasteiger charge is 2.36. The molecule has 0 radical (unpaired) electrons. The molecule has 1 aromatic rings. The number of carboxylic acids is 1. The first-order valence-electron chi connectivity index (χ1n) is 7.29. The summed E-state index contributed by atoms with van der Waals surface area (Å²) >= 11 is 0. The molecule has 0 atom stereocenters. The molecule has 0 saturated heterocycles. The second-order valence-electron chi connectivity index (χ2n) is 5.91. The molecule has 0 aliphatic heterocycles. The van der Waals surface area contributed by atoms with Gasteiger partial charge in [0.05, 0.1) is 0 Å². The van der Waals surface area contributed by atoms with Gasteiger partial charge < -0.3 is 15.3 Å². The summed E-state index contributed by atoms with van der Waals surface area (Å²) in [4.78, 5) is 18.3. The first-order chi connectivity index (χ1) is 9.60. The van der Waals surface area contributed by atoms with Gasteiger partial charge in [0.15, 0.2) is 0 Å². The third-order valence-electron chi connectivity index (χ3n) is 4.07. The van der Waals surface area contributed by atoms with E-state index in [0.717, 1.165) is 36.7 Å². The zero-order chi connectivity index (χ0) is 14.3. The fraction of sp³-hybridized carbons (Fsp3) is 0.600. The Kier molecular flexibility index (Phi) is 3.28. The van der Waals surface area contributed by atoms with Crippen molar-refractivity contribution in [1.82, 2.24) is 4.98 Å². The van der Waals surface area contributed by atoms with Gasteiger partial charge >= 0.3 is 5.97 Å². The van der Waals surface area contributed by atoms with Gasteiger partial charge in [-0.1, -0.05) is 0 Å². The van der Waals surface area contributed by atoms with E-state index in [2.05, 4.69) is 15.2 Å². The first kappa shape index (κ1) is 13.2. The lowest BCUT2D eigenvalue weighted by Crippen LogP contribution is -2.31. The number of nitrogens with one attached hydrogen (secondary N) is 1. The summed E-state index contributed by atoms with van der Waals surface area (Å²) < 4.78 is 0. The van der Waals surface area contributed by atoms with Crippen molar-refractivity contribution >= 4 is 17.6 Å². The Morgan fingerprint density at radius 3 is 2.65 bits per heavy atom. The van der Waals surface area contributed by atoms with Crippen molar-refractivity contribution < 1.29 is 9.90 Å². The molecule has 0 unspecified atom stereocenters. The molecule has 1 aromatic heterocycles. The standard InChI is InChI=1S/C15H21N3O2/c1-9-7-12(15(19)20)14(17-13(9)16-2)18(11-5-6-11)8-10-3-4-10/h7,10-11H,3-6,8H2,1-2H3,(H,16,17)(H,19,20). The Bertz CT molecular complexity index is 536. The van der Waals surface area contributed by atoms with Gasteiger partial charge in [0.25, 0.3) is 0 Å². The number of anilines is 2. The molecule has 20 heavy (non-hydrogen) atoms. The number of aryl methyl sites for hydroxylation is 1. The van der Waals surface area contributed by atoms with Crippen LogP contribution in [0.25, 0.3) is 0 Å². The Hall–Kier alpha value is -1.78. The van der Waals surface area contributed by atoms with Crippen LogP contribution in [0, 0.1) is 12.8 Å². The van der Waals surface area contributed by atoms with Gasteiger partial charge in [-0.3, -0.25) is 0 Å². The summed E-state index contributed by atoms with van der Waals surface area (Å²) in [6, 6.07) is 2.22. The number of aromatic nitrogens is 1. The Balaban J connectivity index is 2.00. The summed E-state index contributed by atoms with van der Waals surface area (Å²) in [5.74, 6) is 1.24. The zero-order valence-corrected chi connectivity index (χ0v) is 12.0. The minimum atomic E-state index is -0.889. The lowest BCUT2D eigenvalue weighted by molar-refractivity contribution is 0.0697. The Morgan fingerprint density at radius 2 is 2.15 bits per heavy atom. The summed E-state index contributed by atoms with van der Waals surface area (Å²) in [5, 5.41) is 12.5. The number of nitrogens with zero attached hydrogens (tertiary/aromatic N) is 2. The maximum absolute atomic E-state index is 11.5. The van der Waals surface area contributed by atoms with Crippen LogP contribution in [0.2, 0.25) is 0 Å². The minimum Gasteiger partial charge on any atom is -0.478 e. The highest BCUT2D eigenvalue weighted by Crippen LogP contribution is 2.39. The third kappa shape index (κ3) is 2.57. The van der Waals surface area contributed by atoms with Crippen LogP contribution in [0.1, 0.15) is 41.6 Å². The van der Waals surface area contributed by atoms with Gasteiger partial charge in [-0.05, 0) is 50.2 Å². The molecule has 2 fully saturated rings. The summed E-state index contributed by atoms with van der Waals surface area (Å²) in [6.45, 7) is 2.83. The summed E-state index contributed by atoms with van der Waals surface area (Å²) in [6.07, 6.45) is 4.82. The fourth-order valence-corrected chi connectivity index (χ4v) is 2.61. The quantitative estimate of drug-likeness (QED) is 0.835. The monoisotopic (exact) mass is 275 g/mol. The number of carbonyl (C=O) groups is 1. The van der Waals surface area contributed by atoms with Crippen LogP contribution < -0.4 is 10.2 Å². The van der Waals surface area contributed by atoms with E-state index in [-0.39, 0.29) is 0 Å². The van der Waals surface area contributed by atoms with Crippen molar-refractivity contribution in [3.05, 3.63) is 17.2 Å². The van der Waals surface area contributed by atoms with Crippen molar-refractivity contribution in [3.63, 3.8) is 0 Å². The molecule has 0 amide bonds. The maximum atomic E-state index is 11.5. The van der Waals surface area contributed by atoms with E-state index in [1.807, 2.05) is 14.0 Å². The minimum absolute atomic E-state index is 0.328. The van der Waals surface area contributed by atoms with Crippen molar-refractivity contribution in [2.75, 3.05) is 23.8 Å². The molecule has 3 rings (SSSR count). The maximum Gasteiger partial charge on any atom is 0.339 e. The van der Waals surface area contributed by atoms with Crippen LogP contribution in [0.4, 0.5) is 11.6 Å². The molecule has 5 nitrogen and oxygen atoms in total. The molecule has 0 aromatic carbocycles. The van der Waals surface area contributed by atoms with Gasteiger partial charge in [-0.25, -0.2) is 9.78 Å². The predicted octanol–water partition coefficient (Wildman–Crippen LogP) is 2.51. The van der Waals surface area contributed by atoms with E-state index in [0.29, 0.717) is 17.4 Å². The molecule has 1 heterocycles. The van der Waals surface area contributed by atoms with E-state index in [1.54, 1.807) is 6.07 Å². The molecule has 0 spiro atoms. The predicted molar refractivity (Wildman–Crippen MR) is 78.6 cm³/mol. The van der Waals surface area contributed by atoms with E-state index >= 15 is 0 Å². The molecule has 2 saturated carbocycles. The van der Waals surface area contributed by atoms with Gasteiger partial charge in [0.2, 0.25) is 0 Å². The molecule has 2 aliphatic rings. The molecule has 108 valence electrons. The second-order valence-corrected chi connectivity index (χ2v) is 5.91. The van der Waals surface area contributed by atoms with Crippen molar-refractivity contribution in [3.8, 4) is 0 Å². The van der Waals surface area contributed by atoms with Crippen LogP contribution >= 0.6 is 0 Å². The van der Waals surface area contributed by atoms with Crippen LogP contribution in [0.3, 0.4) is 0 Å². The molecule has 0 bridgehead atoms. The van der Waals surface area contributed by atoms with E-state index in [1.165, 1.54) is 12.8 Å². The highest BCUT2D eigenvalue weighted by atomic mass is 16.4.